The first-order chi connectivity index (χ1) is 9.90. The smallest absolute Gasteiger partial charge is 0.310 e. The van der Waals surface area contributed by atoms with E-state index in [2.05, 4.69) is 5.32 Å². The minimum Gasteiger partial charge on any atom is -0.481 e. The molecule has 1 aliphatic rings. The van der Waals surface area contributed by atoms with Crippen molar-refractivity contribution in [3.63, 3.8) is 0 Å². The number of amides is 1. The third-order valence-corrected chi connectivity index (χ3v) is 3.55. The lowest BCUT2D eigenvalue weighted by atomic mass is 9.97. The van der Waals surface area contributed by atoms with Crippen LogP contribution in [0.1, 0.15) is 45.4 Å². The fourth-order valence-corrected chi connectivity index (χ4v) is 2.21. The summed E-state index contributed by atoms with van der Waals surface area (Å²) in [5, 5.41) is 11.0. The Morgan fingerprint density at radius 1 is 1.29 bits per heavy atom. The van der Waals surface area contributed by atoms with Crippen molar-refractivity contribution in [1.82, 2.24) is 5.32 Å². The van der Waals surface area contributed by atoms with Crippen LogP contribution < -0.4 is 11.1 Å². The molecule has 1 aliphatic carbocycles. The number of hydrogen-bond acceptors (Lipinski definition) is 5. The third-order valence-electron chi connectivity index (χ3n) is 3.55. The molecule has 21 heavy (non-hydrogen) atoms. The van der Waals surface area contributed by atoms with Gasteiger partial charge < -0.3 is 20.9 Å². The van der Waals surface area contributed by atoms with Gasteiger partial charge in [-0.25, -0.2) is 0 Å². The maximum Gasteiger partial charge on any atom is 0.310 e. The molecule has 1 fully saturated rings. The monoisotopic (exact) mass is 300 g/mol. The van der Waals surface area contributed by atoms with Gasteiger partial charge in [-0.1, -0.05) is 13.3 Å². The molecule has 2 atom stereocenters. The lowest BCUT2D eigenvalue weighted by molar-refractivity contribution is -0.154. The molecule has 0 spiro atoms. The van der Waals surface area contributed by atoms with Crippen molar-refractivity contribution < 1.29 is 24.2 Å². The van der Waals surface area contributed by atoms with Gasteiger partial charge >= 0.3 is 11.9 Å². The summed E-state index contributed by atoms with van der Waals surface area (Å²) in [6.07, 6.45) is 4.68. The number of ether oxygens (including phenoxy) is 1. The average Bonchev–Trinajstić information content (AvgIpc) is 2.44. The Morgan fingerprint density at radius 3 is 2.48 bits per heavy atom. The number of esters is 1. The minimum absolute atomic E-state index is 0.0151. The highest BCUT2D eigenvalue weighted by Crippen LogP contribution is 2.21. The molecule has 1 unspecified atom stereocenters. The standard InChI is InChI=1S/C14H24N2O5/c1-9(8-16-13(19)11(15)7-12(17)18)14(20)21-10-5-3-2-4-6-10/h9-11H,2-8,15H2,1H3,(H,16,19)(H,17,18)/t9?,11-/m1/s1. The van der Waals surface area contributed by atoms with E-state index in [1.165, 1.54) is 6.42 Å². The van der Waals surface area contributed by atoms with Gasteiger partial charge in [-0.05, 0) is 25.7 Å². The lowest BCUT2D eigenvalue weighted by Crippen LogP contribution is -2.44. The van der Waals surface area contributed by atoms with Gasteiger partial charge in [0.1, 0.15) is 6.10 Å². The van der Waals surface area contributed by atoms with Gasteiger partial charge in [0.05, 0.1) is 18.4 Å². The number of rotatable bonds is 7. The van der Waals surface area contributed by atoms with Crippen LogP contribution in [0.3, 0.4) is 0 Å². The number of carbonyl (C=O) groups is 3. The molecule has 0 saturated heterocycles. The van der Waals surface area contributed by atoms with Crippen LogP contribution in [-0.4, -0.2) is 41.6 Å². The SMILES string of the molecule is CC(CNC(=O)[C@H](N)CC(=O)O)C(=O)OC1CCCCC1. The Balaban J connectivity index is 2.28. The Morgan fingerprint density at radius 2 is 1.90 bits per heavy atom. The molecule has 0 aromatic heterocycles. The molecular weight excluding hydrogens is 276 g/mol. The largest absolute Gasteiger partial charge is 0.481 e. The maximum atomic E-state index is 11.9. The molecular formula is C14H24N2O5. The molecule has 7 nitrogen and oxygen atoms in total. The van der Waals surface area contributed by atoms with Gasteiger partial charge in [0, 0.05) is 6.54 Å². The summed E-state index contributed by atoms with van der Waals surface area (Å²) in [6, 6.07) is -1.11. The molecule has 0 aromatic rings. The van der Waals surface area contributed by atoms with Gasteiger partial charge in [0.15, 0.2) is 0 Å². The van der Waals surface area contributed by atoms with Crippen molar-refractivity contribution in [3.8, 4) is 0 Å². The number of hydrogen-bond donors (Lipinski definition) is 3. The summed E-state index contributed by atoms with van der Waals surface area (Å²) in [5.41, 5.74) is 5.42. The van der Waals surface area contributed by atoms with Crippen LogP contribution in [0, 0.1) is 5.92 Å². The highest BCUT2D eigenvalue weighted by Gasteiger charge is 2.23. The highest BCUT2D eigenvalue weighted by molar-refractivity contribution is 5.86. The molecule has 0 aromatic carbocycles. The summed E-state index contributed by atoms with van der Waals surface area (Å²) in [4.78, 5) is 33.9. The third kappa shape index (κ3) is 6.57. The number of carbonyl (C=O) groups excluding carboxylic acids is 2. The van der Waals surface area contributed by atoms with E-state index in [4.69, 9.17) is 15.6 Å². The Bertz CT molecular complexity index is 380. The minimum atomic E-state index is -1.14. The number of nitrogens with two attached hydrogens (primary N) is 1. The second-order valence-corrected chi connectivity index (χ2v) is 5.55. The van der Waals surface area contributed by atoms with Crippen molar-refractivity contribution in [1.29, 1.82) is 0 Å². The van der Waals surface area contributed by atoms with Gasteiger partial charge in [-0.15, -0.1) is 0 Å². The van der Waals surface area contributed by atoms with Crippen molar-refractivity contribution >= 4 is 17.8 Å². The number of carboxylic acids is 1. The van der Waals surface area contributed by atoms with Crippen LogP contribution in [0.15, 0.2) is 0 Å². The van der Waals surface area contributed by atoms with Crippen molar-refractivity contribution in [2.45, 2.75) is 57.6 Å². The topological polar surface area (TPSA) is 119 Å². The van der Waals surface area contributed by atoms with Crippen molar-refractivity contribution in [2.24, 2.45) is 11.7 Å². The predicted octanol–water partition coefficient (Wildman–Crippen LogP) is 0.417. The molecule has 120 valence electrons. The van der Waals surface area contributed by atoms with E-state index in [1.54, 1.807) is 6.92 Å². The lowest BCUT2D eigenvalue weighted by Gasteiger charge is -2.23. The van der Waals surface area contributed by atoms with E-state index in [0.717, 1.165) is 25.7 Å². The first-order valence-corrected chi connectivity index (χ1v) is 7.35. The fourth-order valence-electron chi connectivity index (χ4n) is 2.21. The Hall–Kier alpha value is -1.63. The second-order valence-electron chi connectivity index (χ2n) is 5.55. The predicted molar refractivity (Wildman–Crippen MR) is 75.4 cm³/mol. The average molecular weight is 300 g/mol. The van der Waals surface area contributed by atoms with E-state index in [-0.39, 0.29) is 18.6 Å². The summed E-state index contributed by atoms with van der Waals surface area (Å²) >= 11 is 0. The number of nitrogens with one attached hydrogen (secondary N) is 1. The molecule has 0 aliphatic heterocycles. The molecule has 4 N–H and O–H groups in total. The number of carboxylic acid groups (broad SMARTS) is 1. The normalized spacial score (nSPS) is 18.6. The van der Waals surface area contributed by atoms with E-state index in [9.17, 15) is 14.4 Å². The van der Waals surface area contributed by atoms with Gasteiger partial charge in [-0.2, -0.15) is 0 Å². The molecule has 7 heteroatoms. The summed E-state index contributed by atoms with van der Waals surface area (Å²) in [5.74, 6) is -2.53. The van der Waals surface area contributed by atoms with E-state index < -0.39 is 30.3 Å². The van der Waals surface area contributed by atoms with E-state index in [1.807, 2.05) is 0 Å². The summed E-state index contributed by atoms with van der Waals surface area (Å²) < 4.78 is 5.39. The van der Waals surface area contributed by atoms with Crippen LogP contribution >= 0.6 is 0 Å². The fraction of sp³-hybridized carbons (Fsp3) is 0.786. The summed E-state index contributed by atoms with van der Waals surface area (Å²) in [6.45, 7) is 1.76. The maximum absolute atomic E-state index is 11.9. The zero-order valence-corrected chi connectivity index (χ0v) is 12.3. The van der Waals surface area contributed by atoms with Gasteiger partial charge in [0.25, 0.3) is 0 Å². The van der Waals surface area contributed by atoms with Crippen molar-refractivity contribution in [2.75, 3.05) is 6.54 Å². The summed E-state index contributed by atoms with van der Waals surface area (Å²) in [7, 11) is 0. The van der Waals surface area contributed by atoms with Crippen LogP contribution in [0.4, 0.5) is 0 Å². The molecule has 1 rings (SSSR count). The van der Waals surface area contributed by atoms with Crippen LogP contribution in [0.5, 0.6) is 0 Å². The Labute approximate surface area is 124 Å². The van der Waals surface area contributed by atoms with Gasteiger partial charge in [-0.3, -0.25) is 14.4 Å². The molecule has 0 heterocycles. The van der Waals surface area contributed by atoms with Gasteiger partial charge in [0.2, 0.25) is 5.91 Å². The number of aliphatic carboxylic acids is 1. The first-order valence-electron chi connectivity index (χ1n) is 7.35. The van der Waals surface area contributed by atoms with E-state index in [0.29, 0.717) is 0 Å². The molecule has 1 saturated carbocycles. The van der Waals surface area contributed by atoms with Crippen molar-refractivity contribution in [3.05, 3.63) is 0 Å². The highest BCUT2D eigenvalue weighted by atomic mass is 16.5. The molecule has 0 bridgehead atoms. The zero-order valence-electron chi connectivity index (χ0n) is 12.3. The van der Waals surface area contributed by atoms with Crippen LogP contribution in [-0.2, 0) is 19.1 Å². The first kappa shape index (κ1) is 17.4. The van der Waals surface area contributed by atoms with Crippen LogP contribution in [0.25, 0.3) is 0 Å². The van der Waals surface area contributed by atoms with Crippen LogP contribution in [0.2, 0.25) is 0 Å². The molecule has 1 amide bonds. The Kier molecular flexibility index (Phi) is 7.14. The van der Waals surface area contributed by atoms with E-state index >= 15 is 0 Å². The zero-order chi connectivity index (χ0) is 15.8. The quantitative estimate of drug-likeness (QED) is 0.586. The second kappa shape index (κ2) is 8.61. The molecule has 0 radical (unpaired) electrons.